The summed E-state index contributed by atoms with van der Waals surface area (Å²) in [6.45, 7) is 0. The summed E-state index contributed by atoms with van der Waals surface area (Å²) in [4.78, 5) is 7.90. The number of nitrogens with one attached hydrogen (secondary N) is 1. The molecule has 0 fully saturated rings. The molecular weight excluding hydrogens is 246 g/mol. The number of allylic oxidation sites excluding steroid dienone is 1. The summed E-state index contributed by atoms with van der Waals surface area (Å²) < 4.78 is 0. The lowest BCUT2D eigenvalue weighted by Gasteiger charge is -1.93. The molecule has 2 rings (SSSR count). The van der Waals surface area contributed by atoms with Crippen molar-refractivity contribution in [1.82, 2.24) is 20.2 Å². The SMILES string of the molecule is Nc1ncnc2n[nH]c(C=CCBr)c12. The van der Waals surface area contributed by atoms with Crippen LogP contribution in [0.4, 0.5) is 5.82 Å². The Morgan fingerprint density at radius 3 is 3.14 bits per heavy atom. The molecule has 0 aliphatic rings. The summed E-state index contributed by atoms with van der Waals surface area (Å²) in [6.07, 6.45) is 5.24. The summed E-state index contributed by atoms with van der Waals surface area (Å²) in [5.74, 6) is 0.443. The van der Waals surface area contributed by atoms with Gasteiger partial charge in [0.2, 0.25) is 0 Å². The number of anilines is 1. The van der Waals surface area contributed by atoms with E-state index >= 15 is 0 Å². The smallest absolute Gasteiger partial charge is 0.186 e. The zero-order chi connectivity index (χ0) is 9.97. The minimum absolute atomic E-state index is 0.443. The Morgan fingerprint density at radius 2 is 2.36 bits per heavy atom. The summed E-state index contributed by atoms with van der Waals surface area (Å²) in [6, 6.07) is 0. The minimum Gasteiger partial charge on any atom is -0.383 e. The molecule has 6 heteroatoms. The van der Waals surface area contributed by atoms with Crippen LogP contribution in [0.5, 0.6) is 0 Å². The lowest BCUT2D eigenvalue weighted by molar-refractivity contribution is 1.08. The molecular formula is C8H8BrN5. The number of H-pyrrole nitrogens is 1. The zero-order valence-electron chi connectivity index (χ0n) is 7.24. The van der Waals surface area contributed by atoms with E-state index in [-0.39, 0.29) is 0 Å². The van der Waals surface area contributed by atoms with Gasteiger partial charge in [0.05, 0.1) is 11.1 Å². The molecule has 2 aromatic heterocycles. The molecule has 0 aliphatic heterocycles. The Bertz CT molecular complexity index is 476. The molecule has 0 saturated heterocycles. The van der Waals surface area contributed by atoms with Gasteiger partial charge in [-0.1, -0.05) is 22.0 Å². The quantitative estimate of drug-likeness (QED) is 0.792. The maximum absolute atomic E-state index is 5.72. The Labute approximate surface area is 88.6 Å². The maximum atomic E-state index is 5.72. The van der Waals surface area contributed by atoms with Crippen molar-refractivity contribution in [2.75, 3.05) is 11.1 Å². The topological polar surface area (TPSA) is 80.5 Å². The summed E-state index contributed by atoms with van der Waals surface area (Å²) in [5, 5.41) is 8.41. The molecule has 0 saturated carbocycles. The summed E-state index contributed by atoms with van der Waals surface area (Å²) >= 11 is 3.29. The Morgan fingerprint density at radius 1 is 1.50 bits per heavy atom. The van der Waals surface area contributed by atoms with E-state index in [0.717, 1.165) is 16.4 Å². The fraction of sp³-hybridized carbons (Fsp3) is 0.125. The average molecular weight is 254 g/mol. The van der Waals surface area contributed by atoms with Crippen molar-refractivity contribution < 1.29 is 0 Å². The molecule has 0 aromatic carbocycles. The molecule has 0 spiro atoms. The highest BCUT2D eigenvalue weighted by atomic mass is 79.9. The third kappa shape index (κ3) is 1.48. The Balaban J connectivity index is 2.61. The van der Waals surface area contributed by atoms with Crippen LogP contribution >= 0.6 is 15.9 Å². The number of hydrogen-bond donors (Lipinski definition) is 2. The van der Waals surface area contributed by atoms with Crippen LogP contribution in [0.3, 0.4) is 0 Å². The van der Waals surface area contributed by atoms with Gasteiger partial charge in [0, 0.05) is 5.33 Å². The van der Waals surface area contributed by atoms with Gasteiger partial charge < -0.3 is 5.73 Å². The number of aromatic amines is 1. The lowest BCUT2D eigenvalue weighted by atomic mass is 10.2. The fourth-order valence-corrected chi connectivity index (χ4v) is 1.37. The first-order valence-electron chi connectivity index (χ1n) is 4.00. The number of halogens is 1. The van der Waals surface area contributed by atoms with Crippen LogP contribution in [-0.2, 0) is 0 Å². The molecule has 0 radical (unpaired) electrons. The van der Waals surface area contributed by atoms with E-state index < -0.39 is 0 Å². The predicted octanol–water partition coefficient (Wildman–Crippen LogP) is 1.34. The highest BCUT2D eigenvalue weighted by molar-refractivity contribution is 9.09. The van der Waals surface area contributed by atoms with Crippen molar-refractivity contribution in [1.29, 1.82) is 0 Å². The van der Waals surface area contributed by atoms with Crippen LogP contribution in [0.25, 0.3) is 17.1 Å². The average Bonchev–Trinajstić information content (AvgIpc) is 2.59. The molecule has 72 valence electrons. The molecule has 2 heterocycles. The first kappa shape index (κ1) is 9.14. The van der Waals surface area contributed by atoms with Gasteiger partial charge in [-0.05, 0) is 6.08 Å². The van der Waals surface area contributed by atoms with Gasteiger partial charge in [-0.3, -0.25) is 5.10 Å². The number of fused-ring (bicyclic) bond motifs is 1. The van der Waals surface area contributed by atoms with E-state index in [2.05, 4.69) is 36.1 Å². The van der Waals surface area contributed by atoms with Gasteiger partial charge in [0.1, 0.15) is 12.1 Å². The van der Waals surface area contributed by atoms with Crippen LogP contribution in [0.15, 0.2) is 12.4 Å². The van der Waals surface area contributed by atoms with Gasteiger partial charge in [-0.25, -0.2) is 9.97 Å². The van der Waals surface area contributed by atoms with Crippen molar-refractivity contribution in [3.8, 4) is 0 Å². The third-order valence-electron chi connectivity index (χ3n) is 1.78. The molecule has 3 N–H and O–H groups in total. The van der Waals surface area contributed by atoms with Gasteiger partial charge in [-0.2, -0.15) is 5.10 Å². The van der Waals surface area contributed by atoms with Crippen LogP contribution in [-0.4, -0.2) is 25.5 Å². The zero-order valence-corrected chi connectivity index (χ0v) is 8.82. The number of nitrogen functional groups attached to an aromatic ring is 1. The molecule has 14 heavy (non-hydrogen) atoms. The second-order valence-electron chi connectivity index (χ2n) is 2.65. The predicted molar refractivity (Wildman–Crippen MR) is 58.9 cm³/mol. The second kappa shape index (κ2) is 3.75. The molecule has 0 atom stereocenters. The third-order valence-corrected chi connectivity index (χ3v) is 2.16. The van der Waals surface area contributed by atoms with Crippen molar-refractivity contribution in [2.24, 2.45) is 0 Å². The molecule has 0 amide bonds. The van der Waals surface area contributed by atoms with Crippen molar-refractivity contribution in [3.63, 3.8) is 0 Å². The summed E-state index contributed by atoms with van der Waals surface area (Å²) in [5.41, 5.74) is 7.14. The van der Waals surface area contributed by atoms with Gasteiger partial charge in [0.15, 0.2) is 5.65 Å². The maximum Gasteiger partial charge on any atom is 0.186 e. The molecule has 0 aliphatic carbocycles. The van der Waals surface area contributed by atoms with Gasteiger partial charge >= 0.3 is 0 Å². The number of hydrogen-bond acceptors (Lipinski definition) is 4. The number of nitrogens with zero attached hydrogens (tertiary/aromatic N) is 3. The lowest BCUT2D eigenvalue weighted by Crippen LogP contribution is -1.92. The number of rotatable bonds is 2. The molecule has 5 nitrogen and oxygen atoms in total. The largest absolute Gasteiger partial charge is 0.383 e. The number of aromatic nitrogens is 4. The van der Waals surface area contributed by atoms with E-state index in [1.165, 1.54) is 6.33 Å². The minimum atomic E-state index is 0.443. The van der Waals surface area contributed by atoms with E-state index in [9.17, 15) is 0 Å². The first-order chi connectivity index (χ1) is 6.83. The normalized spacial score (nSPS) is 11.5. The highest BCUT2D eigenvalue weighted by Gasteiger charge is 2.07. The Hall–Kier alpha value is -1.43. The highest BCUT2D eigenvalue weighted by Crippen LogP contribution is 2.19. The first-order valence-corrected chi connectivity index (χ1v) is 5.12. The summed E-state index contributed by atoms with van der Waals surface area (Å²) in [7, 11) is 0. The Kier molecular flexibility index (Phi) is 2.45. The molecule has 0 unspecified atom stereocenters. The number of nitrogens with two attached hydrogens (primary N) is 1. The van der Waals surface area contributed by atoms with Gasteiger partial charge in [0.25, 0.3) is 0 Å². The number of alkyl halides is 1. The van der Waals surface area contributed by atoms with Crippen molar-refractivity contribution in [2.45, 2.75) is 0 Å². The van der Waals surface area contributed by atoms with E-state index in [1.807, 2.05) is 12.2 Å². The van der Waals surface area contributed by atoms with Crippen LogP contribution in [0.1, 0.15) is 5.69 Å². The van der Waals surface area contributed by atoms with Crippen molar-refractivity contribution in [3.05, 3.63) is 18.1 Å². The molecule has 2 aromatic rings. The monoisotopic (exact) mass is 253 g/mol. The van der Waals surface area contributed by atoms with E-state index in [1.54, 1.807) is 0 Å². The van der Waals surface area contributed by atoms with Crippen LogP contribution in [0, 0.1) is 0 Å². The van der Waals surface area contributed by atoms with E-state index in [0.29, 0.717) is 11.5 Å². The standard InChI is InChI=1S/C8H8BrN5/c9-3-1-2-5-6-7(10)11-4-12-8(6)14-13-5/h1-2,4H,3H2,(H3,10,11,12,13,14). The fourth-order valence-electron chi connectivity index (χ4n) is 1.18. The van der Waals surface area contributed by atoms with Crippen LogP contribution in [0.2, 0.25) is 0 Å². The van der Waals surface area contributed by atoms with Gasteiger partial charge in [-0.15, -0.1) is 0 Å². The second-order valence-corrected chi connectivity index (χ2v) is 3.30. The van der Waals surface area contributed by atoms with Crippen molar-refractivity contribution >= 4 is 38.9 Å². The van der Waals surface area contributed by atoms with E-state index in [4.69, 9.17) is 5.73 Å². The molecule has 0 bridgehead atoms. The van der Waals surface area contributed by atoms with Crippen LogP contribution < -0.4 is 5.73 Å².